The fourth-order valence-electron chi connectivity index (χ4n) is 3.44. The molecular weight excluding hydrogens is 286 g/mol. The third-order valence-corrected chi connectivity index (χ3v) is 5.07. The molecule has 3 nitrogen and oxygen atoms in total. The van der Waals surface area contributed by atoms with Gasteiger partial charge in [0, 0.05) is 17.5 Å². The van der Waals surface area contributed by atoms with Gasteiger partial charge in [-0.2, -0.15) is 0 Å². The van der Waals surface area contributed by atoms with Crippen molar-refractivity contribution in [3.63, 3.8) is 0 Å². The number of aliphatic hydroxyl groups excluding tert-OH is 1. The van der Waals surface area contributed by atoms with E-state index in [0.29, 0.717) is 12.5 Å². The predicted octanol–water partition coefficient (Wildman–Crippen LogP) is 3.11. The van der Waals surface area contributed by atoms with Gasteiger partial charge in [0.25, 0.3) is 0 Å². The molecule has 4 heteroatoms. The van der Waals surface area contributed by atoms with Crippen molar-refractivity contribution >= 4 is 17.5 Å². The number of carbonyl (C=O) groups excluding carboxylic acids is 1. The van der Waals surface area contributed by atoms with E-state index in [1.54, 1.807) is 0 Å². The Morgan fingerprint density at radius 2 is 2.14 bits per heavy atom. The smallest absolute Gasteiger partial charge is 0.223 e. The first-order valence-electron chi connectivity index (χ1n) is 7.86. The first-order valence-corrected chi connectivity index (χ1v) is 8.24. The number of halogens is 1. The molecular formula is C17H22ClNO2. The zero-order chi connectivity index (χ0) is 14.8. The molecule has 0 radical (unpaired) electrons. The standard InChI is InChI=1S/C17H22ClNO2/c18-13-7-3-6-12(8-13)14-9-15(14)17(21)19-10-16(20)11-4-1-2-5-11/h3,6-8,11,14-16,20H,1-2,4-5,9-10H2,(H,19,21). The Balaban J connectivity index is 1.47. The predicted molar refractivity (Wildman–Crippen MR) is 83.3 cm³/mol. The first kappa shape index (κ1) is 14.9. The van der Waals surface area contributed by atoms with Gasteiger partial charge < -0.3 is 10.4 Å². The van der Waals surface area contributed by atoms with E-state index >= 15 is 0 Å². The average molecular weight is 308 g/mol. The zero-order valence-corrected chi connectivity index (χ0v) is 12.9. The van der Waals surface area contributed by atoms with Crippen LogP contribution in [0.4, 0.5) is 0 Å². The molecule has 2 fully saturated rings. The number of rotatable bonds is 5. The van der Waals surface area contributed by atoms with Crippen molar-refractivity contribution in [3.8, 4) is 0 Å². The van der Waals surface area contributed by atoms with E-state index in [9.17, 15) is 9.90 Å². The van der Waals surface area contributed by atoms with E-state index in [2.05, 4.69) is 5.32 Å². The van der Waals surface area contributed by atoms with Crippen LogP contribution in [0.15, 0.2) is 24.3 Å². The van der Waals surface area contributed by atoms with Gasteiger partial charge in [-0.05, 0) is 48.8 Å². The second-order valence-electron chi connectivity index (χ2n) is 6.36. The number of hydrogen-bond donors (Lipinski definition) is 2. The van der Waals surface area contributed by atoms with Crippen LogP contribution < -0.4 is 5.32 Å². The first-order chi connectivity index (χ1) is 10.1. The summed E-state index contributed by atoms with van der Waals surface area (Å²) < 4.78 is 0. The maximum atomic E-state index is 12.1. The fraction of sp³-hybridized carbons (Fsp3) is 0.588. The Hall–Kier alpha value is -1.06. The Bertz CT molecular complexity index is 513. The molecule has 1 amide bonds. The maximum absolute atomic E-state index is 12.1. The second-order valence-corrected chi connectivity index (χ2v) is 6.80. The third kappa shape index (κ3) is 3.58. The van der Waals surface area contributed by atoms with Crippen LogP contribution in [0.2, 0.25) is 5.02 Å². The van der Waals surface area contributed by atoms with E-state index < -0.39 is 0 Å². The van der Waals surface area contributed by atoms with Crippen molar-refractivity contribution < 1.29 is 9.90 Å². The van der Waals surface area contributed by atoms with E-state index in [-0.39, 0.29) is 23.8 Å². The summed E-state index contributed by atoms with van der Waals surface area (Å²) in [5, 5.41) is 13.7. The lowest BCUT2D eigenvalue weighted by Crippen LogP contribution is -2.36. The van der Waals surface area contributed by atoms with Gasteiger partial charge in [0.15, 0.2) is 0 Å². The summed E-state index contributed by atoms with van der Waals surface area (Å²) in [5.41, 5.74) is 1.14. The average Bonchev–Trinajstić information content (AvgIpc) is 3.10. The highest BCUT2D eigenvalue weighted by Crippen LogP contribution is 2.47. The summed E-state index contributed by atoms with van der Waals surface area (Å²) >= 11 is 5.99. The van der Waals surface area contributed by atoms with Gasteiger partial charge in [0.2, 0.25) is 5.91 Å². The van der Waals surface area contributed by atoms with Crippen molar-refractivity contribution in [3.05, 3.63) is 34.9 Å². The molecule has 2 aliphatic rings. The van der Waals surface area contributed by atoms with Crippen LogP contribution in [-0.2, 0) is 4.79 Å². The number of benzene rings is 1. The number of nitrogens with one attached hydrogen (secondary N) is 1. The molecule has 2 saturated carbocycles. The summed E-state index contributed by atoms with van der Waals surface area (Å²) in [6.45, 7) is 0.391. The van der Waals surface area contributed by atoms with E-state index in [0.717, 1.165) is 29.8 Å². The molecule has 1 aromatic rings. The molecule has 0 bridgehead atoms. The number of carbonyl (C=O) groups is 1. The highest BCUT2D eigenvalue weighted by atomic mass is 35.5. The van der Waals surface area contributed by atoms with Gasteiger partial charge in [0.1, 0.15) is 0 Å². The number of aliphatic hydroxyl groups is 1. The zero-order valence-electron chi connectivity index (χ0n) is 12.1. The van der Waals surface area contributed by atoms with Gasteiger partial charge in [-0.15, -0.1) is 0 Å². The molecule has 21 heavy (non-hydrogen) atoms. The van der Waals surface area contributed by atoms with E-state index in [1.807, 2.05) is 24.3 Å². The van der Waals surface area contributed by atoms with Gasteiger partial charge in [-0.3, -0.25) is 4.79 Å². The molecule has 3 atom stereocenters. The summed E-state index contributed by atoms with van der Waals surface area (Å²) in [7, 11) is 0. The van der Waals surface area contributed by atoms with Crippen molar-refractivity contribution in [2.75, 3.05) is 6.54 Å². The molecule has 0 spiro atoms. The van der Waals surface area contributed by atoms with Gasteiger partial charge in [-0.1, -0.05) is 36.6 Å². The molecule has 2 aliphatic carbocycles. The van der Waals surface area contributed by atoms with Gasteiger partial charge in [0.05, 0.1) is 6.10 Å². The van der Waals surface area contributed by atoms with Crippen molar-refractivity contribution in [2.24, 2.45) is 11.8 Å². The molecule has 3 rings (SSSR count). The Morgan fingerprint density at radius 3 is 2.86 bits per heavy atom. The normalized spacial score (nSPS) is 26.6. The Morgan fingerprint density at radius 1 is 1.38 bits per heavy atom. The summed E-state index contributed by atoms with van der Waals surface area (Å²) in [5.74, 6) is 0.761. The molecule has 0 aliphatic heterocycles. The van der Waals surface area contributed by atoms with Crippen LogP contribution >= 0.6 is 11.6 Å². The summed E-state index contributed by atoms with van der Waals surface area (Å²) in [6, 6.07) is 7.74. The van der Waals surface area contributed by atoms with Crippen molar-refractivity contribution in [2.45, 2.75) is 44.1 Å². The minimum absolute atomic E-state index is 0.0410. The van der Waals surface area contributed by atoms with Gasteiger partial charge >= 0.3 is 0 Å². The van der Waals surface area contributed by atoms with Crippen LogP contribution in [0.3, 0.4) is 0 Å². The van der Waals surface area contributed by atoms with Crippen LogP contribution in [0.25, 0.3) is 0 Å². The van der Waals surface area contributed by atoms with E-state index in [4.69, 9.17) is 11.6 Å². The molecule has 0 saturated heterocycles. The SMILES string of the molecule is O=C(NCC(O)C1CCCC1)C1CC1c1cccc(Cl)c1. The molecule has 0 aromatic heterocycles. The van der Waals surface area contributed by atoms with Crippen molar-refractivity contribution in [1.82, 2.24) is 5.32 Å². The van der Waals surface area contributed by atoms with Gasteiger partial charge in [-0.25, -0.2) is 0 Å². The quantitative estimate of drug-likeness (QED) is 0.878. The van der Waals surface area contributed by atoms with Crippen LogP contribution in [-0.4, -0.2) is 23.7 Å². The number of hydrogen-bond acceptors (Lipinski definition) is 2. The monoisotopic (exact) mass is 307 g/mol. The molecule has 0 heterocycles. The summed E-state index contributed by atoms with van der Waals surface area (Å²) in [6.07, 6.45) is 5.08. The maximum Gasteiger partial charge on any atom is 0.223 e. The summed E-state index contributed by atoms with van der Waals surface area (Å²) in [4.78, 5) is 12.1. The van der Waals surface area contributed by atoms with Crippen LogP contribution in [0.5, 0.6) is 0 Å². The third-order valence-electron chi connectivity index (χ3n) is 4.83. The van der Waals surface area contributed by atoms with Crippen molar-refractivity contribution in [1.29, 1.82) is 0 Å². The highest BCUT2D eigenvalue weighted by molar-refractivity contribution is 6.30. The molecule has 1 aromatic carbocycles. The Kier molecular flexibility index (Phi) is 4.51. The van der Waals surface area contributed by atoms with Crippen LogP contribution in [0, 0.1) is 11.8 Å². The lowest BCUT2D eigenvalue weighted by atomic mass is 10.0. The van der Waals surface area contributed by atoms with E-state index in [1.165, 1.54) is 12.8 Å². The number of amides is 1. The lowest BCUT2D eigenvalue weighted by Gasteiger charge is -2.18. The minimum Gasteiger partial charge on any atom is -0.391 e. The highest BCUT2D eigenvalue weighted by Gasteiger charge is 2.44. The Labute approximate surface area is 130 Å². The molecule has 3 unspecified atom stereocenters. The topological polar surface area (TPSA) is 49.3 Å². The van der Waals surface area contributed by atoms with Crippen LogP contribution in [0.1, 0.15) is 43.6 Å². The molecule has 114 valence electrons. The lowest BCUT2D eigenvalue weighted by molar-refractivity contribution is -0.123. The molecule has 2 N–H and O–H groups in total. The largest absolute Gasteiger partial charge is 0.391 e. The second kappa shape index (κ2) is 6.37. The minimum atomic E-state index is -0.389. The fourth-order valence-corrected chi connectivity index (χ4v) is 3.63.